The Bertz CT molecular complexity index is 1270. The average Bonchev–Trinajstić information content (AvgIpc) is 3.60. The number of methoxy groups -OCH3 is 1. The molecule has 0 spiro atoms. The van der Waals surface area contributed by atoms with Crippen LogP contribution in [0.5, 0.6) is 5.75 Å². The Kier molecular flexibility index (Phi) is 6.15. The normalized spacial score (nSPS) is 14.5. The molecule has 1 fully saturated rings. The van der Waals surface area contributed by atoms with Crippen LogP contribution in [0.15, 0.2) is 47.3 Å². The Morgan fingerprint density at radius 2 is 2.09 bits per heavy atom. The number of thiazole rings is 1. The number of rotatable bonds is 6. The molecule has 0 aliphatic carbocycles. The Hall–Kier alpha value is -3.17. The van der Waals surface area contributed by atoms with E-state index in [0.29, 0.717) is 21.6 Å². The number of fused-ring (bicyclic) bond motifs is 1. The molecule has 0 bridgehead atoms. The lowest BCUT2D eigenvalue weighted by atomic mass is 9.89. The Morgan fingerprint density at radius 1 is 1.24 bits per heavy atom. The SMILES string of the molecule is COc1ccc2[nH]cc(C3CCN(C(=O)Cc4csc(NC(=O)c5cccs5)n4)CC3)c2c1. The maximum Gasteiger partial charge on any atom is 0.267 e. The Balaban J connectivity index is 1.17. The van der Waals surface area contributed by atoms with Gasteiger partial charge in [-0.1, -0.05) is 6.07 Å². The first-order valence-corrected chi connectivity index (χ1v) is 12.6. The summed E-state index contributed by atoms with van der Waals surface area (Å²) in [6.07, 6.45) is 4.19. The maximum absolute atomic E-state index is 12.9. The van der Waals surface area contributed by atoms with Gasteiger partial charge >= 0.3 is 0 Å². The standard InChI is InChI=1S/C24H24N4O3S2/c1-31-17-4-5-20-18(12-17)19(13-25-20)15-6-8-28(9-7-15)22(29)11-16-14-33-24(26-16)27-23(30)21-3-2-10-32-21/h2-5,10,12-15,25H,6-9,11H2,1H3,(H,26,27,30). The zero-order chi connectivity index (χ0) is 22.8. The molecule has 1 aliphatic heterocycles. The lowest BCUT2D eigenvalue weighted by Crippen LogP contribution is -2.38. The number of benzene rings is 1. The van der Waals surface area contributed by atoms with E-state index in [1.807, 2.05) is 33.9 Å². The number of piperidine rings is 1. The number of nitrogens with zero attached hydrogens (tertiary/aromatic N) is 2. The van der Waals surface area contributed by atoms with Gasteiger partial charge in [-0.3, -0.25) is 14.9 Å². The summed E-state index contributed by atoms with van der Waals surface area (Å²) in [5.41, 5.74) is 3.09. The molecule has 170 valence electrons. The van der Waals surface area contributed by atoms with Crippen LogP contribution < -0.4 is 10.1 Å². The molecule has 0 atom stereocenters. The fourth-order valence-corrected chi connectivity index (χ4v) is 5.63. The molecule has 1 aliphatic rings. The second-order valence-corrected chi connectivity index (χ2v) is 9.87. The fraction of sp³-hybridized carbons (Fsp3) is 0.292. The first-order chi connectivity index (χ1) is 16.1. The van der Waals surface area contributed by atoms with E-state index in [0.717, 1.165) is 37.2 Å². The van der Waals surface area contributed by atoms with Crippen molar-refractivity contribution in [2.75, 3.05) is 25.5 Å². The summed E-state index contributed by atoms with van der Waals surface area (Å²) < 4.78 is 5.39. The van der Waals surface area contributed by atoms with Crippen LogP contribution in [-0.4, -0.2) is 46.9 Å². The van der Waals surface area contributed by atoms with Crippen molar-refractivity contribution in [1.82, 2.24) is 14.9 Å². The van der Waals surface area contributed by atoms with Crippen molar-refractivity contribution >= 4 is 50.5 Å². The van der Waals surface area contributed by atoms with Gasteiger partial charge in [-0.25, -0.2) is 4.98 Å². The van der Waals surface area contributed by atoms with E-state index in [1.54, 1.807) is 13.2 Å². The summed E-state index contributed by atoms with van der Waals surface area (Å²) >= 11 is 2.73. The van der Waals surface area contributed by atoms with Crippen LogP contribution in [0.3, 0.4) is 0 Å². The van der Waals surface area contributed by atoms with Crippen molar-refractivity contribution < 1.29 is 14.3 Å². The molecule has 2 amide bonds. The van der Waals surface area contributed by atoms with E-state index in [9.17, 15) is 9.59 Å². The van der Waals surface area contributed by atoms with Gasteiger partial charge in [0.05, 0.1) is 24.1 Å². The second-order valence-electron chi connectivity index (χ2n) is 8.06. The minimum atomic E-state index is -0.172. The second kappa shape index (κ2) is 9.36. The number of nitrogens with one attached hydrogen (secondary N) is 2. The number of carbonyl (C=O) groups is 2. The molecule has 3 aromatic heterocycles. The van der Waals surface area contributed by atoms with Crippen LogP contribution in [0, 0.1) is 0 Å². The molecule has 5 rings (SSSR count). The van der Waals surface area contributed by atoms with Gasteiger partial charge in [0.25, 0.3) is 5.91 Å². The molecule has 33 heavy (non-hydrogen) atoms. The number of aromatic nitrogens is 2. The maximum atomic E-state index is 12.9. The predicted molar refractivity (Wildman–Crippen MR) is 131 cm³/mol. The summed E-state index contributed by atoms with van der Waals surface area (Å²) in [6, 6.07) is 9.69. The van der Waals surface area contributed by atoms with Crippen molar-refractivity contribution in [2.24, 2.45) is 0 Å². The molecule has 1 saturated heterocycles. The first kappa shape index (κ1) is 21.7. The number of aromatic amines is 1. The summed E-state index contributed by atoms with van der Waals surface area (Å²) in [5.74, 6) is 1.17. The van der Waals surface area contributed by atoms with Crippen LogP contribution in [0.4, 0.5) is 5.13 Å². The number of likely N-dealkylation sites (tertiary alicyclic amines) is 1. The van der Waals surface area contributed by atoms with Crippen molar-refractivity contribution in [1.29, 1.82) is 0 Å². The number of carbonyl (C=O) groups excluding carboxylic acids is 2. The third-order valence-electron chi connectivity index (χ3n) is 6.06. The lowest BCUT2D eigenvalue weighted by molar-refractivity contribution is -0.131. The summed E-state index contributed by atoms with van der Waals surface area (Å²) in [4.78, 5) is 35.4. The number of hydrogen-bond acceptors (Lipinski definition) is 6. The van der Waals surface area contributed by atoms with Gasteiger partial charge in [0.2, 0.25) is 5.91 Å². The van der Waals surface area contributed by atoms with E-state index in [1.165, 1.54) is 33.6 Å². The highest BCUT2D eigenvalue weighted by Gasteiger charge is 2.26. The quantitative estimate of drug-likeness (QED) is 0.411. The lowest BCUT2D eigenvalue weighted by Gasteiger charge is -2.32. The highest BCUT2D eigenvalue weighted by atomic mass is 32.1. The fourth-order valence-electron chi connectivity index (χ4n) is 4.30. The van der Waals surface area contributed by atoms with Crippen LogP contribution in [0.25, 0.3) is 10.9 Å². The van der Waals surface area contributed by atoms with Gasteiger partial charge in [-0.05, 0) is 54.0 Å². The van der Waals surface area contributed by atoms with Crippen molar-refractivity contribution in [3.63, 3.8) is 0 Å². The zero-order valence-electron chi connectivity index (χ0n) is 18.2. The Morgan fingerprint density at radius 3 is 2.85 bits per heavy atom. The zero-order valence-corrected chi connectivity index (χ0v) is 19.8. The molecule has 4 heterocycles. The molecular formula is C24H24N4O3S2. The summed E-state index contributed by atoms with van der Waals surface area (Å²) in [5, 5.41) is 8.22. The Labute approximate surface area is 199 Å². The van der Waals surface area contributed by atoms with Gasteiger partial charge in [-0.15, -0.1) is 22.7 Å². The number of ether oxygens (including phenoxy) is 1. The average molecular weight is 481 g/mol. The van der Waals surface area contributed by atoms with Gasteiger partial charge < -0.3 is 14.6 Å². The van der Waals surface area contributed by atoms with Crippen molar-refractivity contribution in [2.45, 2.75) is 25.2 Å². The summed E-state index contributed by atoms with van der Waals surface area (Å²) in [7, 11) is 1.68. The number of H-pyrrole nitrogens is 1. The van der Waals surface area contributed by atoms with Crippen molar-refractivity contribution in [3.05, 3.63) is 63.4 Å². The van der Waals surface area contributed by atoms with Gasteiger partial charge in [0.15, 0.2) is 5.13 Å². The molecule has 0 saturated carbocycles. The van der Waals surface area contributed by atoms with Crippen LogP contribution >= 0.6 is 22.7 Å². The smallest absolute Gasteiger partial charge is 0.267 e. The van der Waals surface area contributed by atoms with Gasteiger partial charge in [0.1, 0.15) is 5.75 Å². The molecule has 4 aromatic rings. The van der Waals surface area contributed by atoms with Crippen LogP contribution in [0.2, 0.25) is 0 Å². The minimum absolute atomic E-state index is 0.0791. The first-order valence-electron chi connectivity index (χ1n) is 10.8. The number of thiophene rings is 1. The molecule has 7 nitrogen and oxygen atoms in total. The summed E-state index contributed by atoms with van der Waals surface area (Å²) in [6.45, 7) is 1.46. The highest BCUT2D eigenvalue weighted by Crippen LogP contribution is 2.35. The molecule has 0 unspecified atom stereocenters. The topological polar surface area (TPSA) is 87.3 Å². The van der Waals surface area contributed by atoms with E-state index in [-0.39, 0.29) is 18.2 Å². The van der Waals surface area contributed by atoms with Gasteiger partial charge in [-0.2, -0.15) is 0 Å². The van der Waals surface area contributed by atoms with Crippen molar-refractivity contribution in [3.8, 4) is 5.75 Å². The van der Waals surface area contributed by atoms with Crippen LogP contribution in [0.1, 0.15) is 39.7 Å². The van der Waals surface area contributed by atoms with E-state index in [4.69, 9.17) is 4.74 Å². The monoisotopic (exact) mass is 480 g/mol. The molecule has 0 radical (unpaired) electrons. The van der Waals surface area contributed by atoms with E-state index in [2.05, 4.69) is 27.5 Å². The third-order valence-corrected chi connectivity index (χ3v) is 7.73. The van der Waals surface area contributed by atoms with E-state index < -0.39 is 0 Å². The third kappa shape index (κ3) is 4.65. The largest absolute Gasteiger partial charge is 0.497 e. The number of amides is 2. The van der Waals surface area contributed by atoms with E-state index >= 15 is 0 Å². The molecule has 9 heteroatoms. The number of anilines is 1. The predicted octanol–water partition coefficient (Wildman–Crippen LogP) is 4.90. The van der Waals surface area contributed by atoms with Gasteiger partial charge in [0, 0.05) is 35.6 Å². The molecular weight excluding hydrogens is 456 g/mol. The molecule has 2 N–H and O–H groups in total. The van der Waals surface area contributed by atoms with Crippen LogP contribution in [-0.2, 0) is 11.2 Å². The molecule has 1 aromatic carbocycles. The highest BCUT2D eigenvalue weighted by molar-refractivity contribution is 7.14. The minimum Gasteiger partial charge on any atom is -0.497 e. The number of hydrogen-bond donors (Lipinski definition) is 2.